The van der Waals surface area contributed by atoms with E-state index in [-0.39, 0.29) is 22.4 Å². The molecule has 0 bridgehead atoms. The molecule has 0 fully saturated rings. The van der Waals surface area contributed by atoms with Crippen molar-refractivity contribution in [3.8, 4) is 11.5 Å². The summed E-state index contributed by atoms with van der Waals surface area (Å²) < 4.78 is 0. The summed E-state index contributed by atoms with van der Waals surface area (Å²) in [5.74, 6) is 3.38. The number of hydrogen-bond acceptors (Lipinski definition) is 5. The molecule has 1 aliphatic rings. The molecule has 0 unspecified atom stereocenters. The summed E-state index contributed by atoms with van der Waals surface area (Å²) in [7, 11) is 0. The summed E-state index contributed by atoms with van der Waals surface area (Å²) in [5.41, 5.74) is 11.8. The van der Waals surface area contributed by atoms with E-state index in [9.17, 15) is 0 Å². The Hall–Kier alpha value is -4.75. The van der Waals surface area contributed by atoms with Crippen molar-refractivity contribution in [3.63, 3.8) is 0 Å². The fourth-order valence-corrected chi connectivity index (χ4v) is 7.17. The minimum atomic E-state index is 0. The van der Waals surface area contributed by atoms with E-state index in [1.807, 2.05) is 42.6 Å². The van der Waals surface area contributed by atoms with E-state index in [0.717, 1.165) is 28.2 Å². The molecule has 6 nitrogen and oxygen atoms in total. The van der Waals surface area contributed by atoms with Gasteiger partial charge in [-0.1, -0.05) is 134 Å². The van der Waals surface area contributed by atoms with E-state index in [0.29, 0.717) is 29.5 Å². The number of nitrogens with zero attached hydrogens (tertiary/aromatic N) is 6. The zero-order valence-corrected chi connectivity index (χ0v) is 34.0. The van der Waals surface area contributed by atoms with Crippen molar-refractivity contribution in [2.75, 3.05) is 9.80 Å². The van der Waals surface area contributed by atoms with E-state index < -0.39 is 0 Å². The first kappa shape index (κ1) is 38.0. The van der Waals surface area contributed by atoms with Crippen LogP contribution in [0.3, 0.4) is 0 Å². The molecule has 275 valence electrons. The van der Waals surface area contributed by atoms with Gasteiger partial charge in [-0.2, -0.15) is 0 Å². The monoisotopic (exact) mass is 881 g/mol. The number of hydrogen-bond donors (Lipinski definition) is 0. The molecule has 0 amide bonds. The van der Waals surface area contributed by atoms with Crippen LogP contribution in [-0.2, 0) is 22.4 Å². The number of anilines is 4. The molecule has 0 aliphatic carbocycles. The standard InChI is InChI=1S/C30H38N3.C16H10N3.Au/c1-19(2)23-12-9-13-24(20(3)4)28(23)32-18-33(30-27(32)16-11-17-31-30)29-25(21(5)6)14-10-15-26(29)22(7)8;1-2-6-12-10-15-14(9-11(12)5-1)18-16(19-15)13-7-3-4-8-17-13;/h9-22H,1-8H3;1-10H;/q2*-1;. The Labute approximate surface area is 330 Å². The number of imidazole rings is 1. The van der Waals surface area contributed by atoms with Crippen molar-refractivity contribution in [3.05, 3.63) is 144 Å². The normalized spacial score (nSPS) is 12.5. The summed E-state index contributed by atoms with van der Waals surface area (Å²) in [5, 5.41) is 2.37. The molecule has 1 aliphatic heterocycles. The molecule has 4 aromatic carbocycles. The quantitative estimate of drug-likeness (QED) is 0.117. The minimum Gasteiger partial charge on any atom is -0.471 e. The van der Waals surface area contributed by atoms with Crippen molar-refractivity contribution >= 4 is 44.7 Å². The average molecular weight is 882 g/mol. The average Bonchev–Trinajstić information content (AvgIpc) is 3.75. The van der Waals surface area contributed by atoms with Crippen LogP contribution >= 0.6 is 0 Å². The number of pyridine rings is 2. The van der Waals surface area contributed by atoms with Crippen LogP contribution in [0.25, 0.3) is 33.3 Å². The van der Waals surface area contributed by atoms with Gasteiger partial charge in [-0.25, -0.2) is 4.98 Å². The molecule has 7 heteroatoms. The summed E-state index contributed by atoms with van der Waals surface area (Å²) in [6.07, 6.45) is 3.67. The molecule has 0 saturated carbocycles. The Morgan fingerprint density at radius 2 is 1.08 bits per heavy atom. The van der Waals surface area contributed by atoms with Crippen molar-refractivity contribution < 1.29 is 22.4 Å². The van der Waals surface area contributed by atoms with Gasteiger partial charge in [0.25, 0.3) is 0 Å². The summed E-state index contributed by atoms with van der Waals surface area (Å²) >= 11 is 0. The van der Waals surface area contributed by atoms with Gasteiger partial charge < -0.3 is 19.8 Å². The van der Waals surface area contributed by atoms with Crippen molar-refractivity contribution in [1.82, 2.24) is 19.9 Å². The van der Waals surface area contributed by atoms with Crippen LogP contribution in [0.5, 0.6) is 0 Å². The second-order valence-corrected chi connectivity index (χ2v) is 14.8. The maximum atomic E-state index is 4.90. The zero-order valence-electron chi connectivity index (χ0n) is 31.8. The fourth-order valence-electron chi connectivity index (χ4n) is 7.17. The topological polar surface area (TPSA) is 59.3 Å². The van der Waals surface area contributed by atoms with E-state index in [1.165, 1.54) is 44.4 Å². The predicted octanol–water partition coefficient (Wildman–Crippen LogP) is 12.4. The van der Waals surface area contributed by atoms with Crippen LogP contribution in [-0.4, -0.2) is 15.0 Å². The molecule has 3 aromatic heterocycles. The van der Waals surface area contributed by atoms with Crippen LogP contribution in [0.4, 0.5) is 22.9 Å². The van der Waals surface area contributed by atoms with Crippen molar-refractivity contribution in [2.45, 2.75) is 79.1 Å². The van der Waals surface area contributed by atoms with Crippen LogP contribution in [0.2, 0.25) is 0 Å². The third-order valence-corrected chi connectivity index (χ3v) is 9.84. The van der Waals surface area contributed by atoms with Gasteiger partial charge in [0.05, 0.1) is 11.4 Å². The fraction of sp³-hybridized carbons (Fsp3) is 0.261. The van der Waals surface area contributed by atoms with Crippen LogP contribution in [0.15, 0.2) is 116 Å². The van der Waals surface area contributed by atoms with Gasteiger partial charge in [0.1, 0.15) is 5.82 Å². The molecular weight excluding hydrogens is 834 g/mol. The Kier molecular flexibility index (Phi) is 11.5. The first-order chi connectivity index (χ1) is 25.1. The molecule has 0 atom stereocenters. The van der Waals surface area contributed by atoms with Gasteiger partial charge in [0.15, 0.2) is 0 Å². The number of aromatic nitrogens is 4. The molecule has 0 N–H and O–H groups in total. The van der Waals surface area contributed by atoms with E-state index >= 15 is 0 Å². The first-order valence-corrected chi connectivity index (χ1v) is 18.5. The number of rotatable bonds is 7. The Morgan fingerprint density at radius 1 is 0.547 bits per heavy atom. The zero-order chi connectivity index (χ0) is 36.5. The second-order valence-electron chi connectivity index (χ2n) is 14.8. The van der Waals surface area contributed by atoms with Gasteiger partial charge in [-0.05, 0) is 97.8 Å². The summed E-state index contributed by atoms with van der Waals surface area (Å²) in [6.45, 7) is 20.5. The Balaban J connectivity index is 0.000000203. The van der Waals surface area contributed by atoms with Gasteiger partial charge in [0, 0.05) is 46.1 Å². The first-order valence-electron chi connectivity index (χ1n) is 18.5. The summed E-state index contributed by atoms with van der Waals surface area (Å²) in [4.78, 5) is 23.0. The molecule has 4 heterocycles. The smallest absolute Gasteiger partial charge is 0.126 e. The van der Waals surface area contributed by atoms with Crippen LogP contribution in [0.1, 0.15) is 101 Å². The SMILES string of the molecule is CC(C)c1cccc(C(C)C)c1N1[CH-]N(c2c(C(C)C)cccc2C(C)C)c2ncccc21.[Au].c1ccc(-c2nc3cc4ccccc4cc3[n-]2)nc1. The number of benzene rings is 4. The van der Waals surface area contributed by atoms with Crippen LogP contribution in [0, 0.1) is 6.67 Å². The molecule has 8 rings (SSSR count). The van der Waals surface area contributed by atoms with Gasteiger partial charge in [-0.15, -0.1) is 6.67 Å². The Morgan fingerprint density at radius 3 is 1.62 bits per heavy atom. The molecule has 1 radical (unpaired) electrons. The molecule has 53 heavy (non-hydrogen) atoms. The Bertz CT molecular complexity index is 2130. The number of fused-ring (bicyclic) bond motifs is 3. The molecular formula is C46H48AuN6-2. The van der Waals surface area contributed by atoms with Crippen molar-refractivity contribution in [2.24, 2.45) is 0 Å². The predicted molar refractivity (Wildman–Crippen MR) is 218 cm³/mol. The summed E-state index contributed by atoms with van der Waals surface area (Å²) in [6, 6.07) is 35.9. The van der Waals surface area contributed by atoms with E-state index in [4.69, 9.17) is 4.98 Å². The third kappa shape index (κ3) is 7.54. The van der Waals surface area contributed by atoms with Crippen LogP contribution < -0.4 is 14.8 Å². The largest absolute Gasteiger partial charge is 0.471 e. The van der Waals surface area contributed by atoms with Gasteiger partial charge in [0.2, 0.25) is 0 Å². The van der Waals surface area contributed by atoms with Gasteiger partial charge >= 0.3 is 0 Å². The molecule has 7 aromatic rings. The minimum absolute atomic E-state index is 0. The van der Waals surface area contributed by atoms with Crippen molar-refractivity contribution in [1.29, 1.82) is 0 Å². The van der Waals surface area contributed by atoms with Gasteiger partial charge in [-0.3, -0.25) is 4.98 Å². The molecule has 0 spiro atoms. The van der Waals surface area contributed by atoms with E-state index in [1.54, 1.807) is 6.20 Å². The maximum absolute atomic E-state index is 4.90. The second kappa shape index (κ2) is 16.1. The maximum Gasteiger partial charge on any atom is 0.126 e. The number of para-hydroxylation sites is 2. The van der Waals surface area contributed by atoms with E-state index in [2.05, 4.69) is 154 Å². The third-order valence-electron chi connectivity index (χ3n) is 9.84. The molecule has 0 saturated heterocycles.